The summed E-state index contributed by atoms with van der Waals surface area (Å²) >= 11 is 15.6. The largest absolute Gasteiger partial charge is 0.455 e. The number of alkyl halides is 1. The van der Waals surface area contributed by atoms with Gasteiger partial charge in [-0.25, -0.2) is 0 Å². The van der Waals surface area contributed by atoms with Gasteiger partial charge in [0.05, 0.1) is 10.9 Å². The van der Waals surface area contributed by atoms with E-state index in [-0.39, 0.29) is 0 Å². The van der Waals surface area contributed by atoms with Crippen LogP contribution in [0, 0.1) is 0 Å². The summed E-state index contributed by atoms with van der Waals surface area (Å²) in [5, 5.41) is 1.51. The predicted molar refractivity (Wildman–Crippen MR) is 90.5 cm³/mol. The fraction of sp³-hybridized carbons (Fsp3) is 0.0625. The molecular formula is C16H10BrCl2NO. The molecule has 0 saturated carbocycles. The molecule has 2 aromatic carbocycles. The van der Waals surface area contributed by atoms with Crippen LogP contribution in [0.1, 0.15) is 5.56 Å². The maximum absolute atomic E-state index is 6.19. The molecule has 21 heavy (non-hydrogen) atoms. The Bertz CT molecular complexity index is 807. The van der Waals surface area contributed by atoms with Crippen LogP contribution in [-0.4, -0.2) is 4.98 Å². The summed E-state index contributed by atoms with van der Waals surface area (Å²) in [6.45, 7) is 0. The van der Waals surface area contributed by atoms with Crippen LogP contribution in [0.5, 0.6) is 11.5 Å². The van der Waals surface area contributed by atoms with E-state index in [2.05, 4.69) is 20.9 Å². The minimum absolute atomic E-state index is 0.377. The van der Waals surface area contributed by atoms with Gasteiger partial charge in [0, 0.05) is 21.6 Å². The summed E-state index contributed by atoms with van der Waals surface area (Å²) in [5.41, 5.74) is 1.64. The van der Waals surface area contributed by atoms with E-state index in [9.17, 15) is 0 Å². The van der Waals surface area contributed by atoms with Gasteiger partial charge in [-0.15, -0.1) is 11.6 Å². The Balaban J connectivity index is 2.11. The molecule has 0 fully saturated rings. The molecule has 106 valence electrons. The Hall–Kier alpha value is -1.29. The molecule has 0 unspecified atom stereocenters. The molecule has 0 N–H and O–H groups in total. The van der Waals surface area contributed by atoms with Gasteiger partial charge in [0.2, 0.25) is 0 Å². The van der Waals surface area contributed by atoms with Gasteiger partial charge in [-0.1, -0.05) is 33.6 Å². The molecule has 5 heteroatoms. The molecule has 0 bridgehead atoms. The minimum atomic E-state index is 0.377. The maximum Gasteiger partial charge on any atom is 0.153 e. The maximum atomic E-state index is 6.19. The molecule has 0 aliphatic rings. The van der Waals surface area contributed by atoms with E-state index in [1.54, 1.807) is 12.3 Å². The Morgan fingerprint density at radius 2 is 1.95 bits per heavy atom. The van der Waals surface area contributed by atoms with Crippen molar-refractivity contribution in [2.75, 3.05) is 0 Å². The Kier molecular flexibility index (Phi) is 4.34. The lowest BCUT2D eigenvalue weighted by molar-refractivity contribution is 0.482. The topological polar surface area (TPSA) is 22.1 Å². The van der Waals surface area contributed by atoms with Crippen LogP contribution in [0.3, 0.4) is 0 Å². The van der Waals surface area contributed by atoms with Crippen molar-refractivity contribution in [2.45, 2.75) is 5.88 Å². The highest BCUT2D eigenvalue weighted by atomic mass is 79.9. The number of ether oxygens (including phenoxy) is 1. The average Bonchev–Trinajstić information content (AvgIpc) is 2.51. The quantitative estimate of drug-likeness (QED) is 0.504. The van der Waals surface area contributed by atoms with Crippen molar-refractivity contribution in [1.82, 2.24) is 4.98 Å². The van der Waals surface area contributed by atoms with Gasteiger partial charge in [-0.2, -0.15) is 0 Å². The molecule has 0 atom stereocenters. The number of rotatable bonds is 3. The third kappa shape index (κ3) is 3.00. The van der Waals surface area contributed by atoms with Crippen LogP contribution >= 0.6 is 39.1 Å². The van der Waals surface area contributed by atoms with Crippen molar-refractivity contribution in [3.63, 3.8) is 0 Å². The van der Waals surface area contributed by atoms with Crippen LogP contribution in [0.15, 0.2) is 53.1 Å². The molecule has 2 nitrogen and oxygen atoms in total. The first-order chi connectivity index (χ1) is 10.2. The second kappa shape index (κ2) is 6.22. The second-order valence-corrected chi connectivity index (χ2v) is 6.02. The van der Waals surface area contributed by atoms with Crippen molar-refractivity contribution >= 4 is 50.0 Å². The minimum Gasteiger partial charge on any atom is -0.455 e. The number of fused-ring (bicyclic) bond motifs is 1. The van der Waals surface area contributed by atoms with Gasteiger partial charge in [0.1, 0.15) is 11.3 Å². The monoisotopic (exact) mass is 381 g/mol. The van der Waals surface area contributed by atoms with Gasteiger partial charge in [-0.3, -0.25) is 4.98 Å². The van der Waals surface area contributed by atoms with E-state index < -0.39 is 0 Å². The summed E-state index contributed by atoms with van der Waals surface area (Å²) < 4.78 is 6.94. The number of halogens is 3. The lowest BCUT2D eigenvalue weighted by Crippen LogP contribution is -1.92. The first-order valence-electron chi connectivity index (χ1n) is 6.24. The van der Waals surface area contributed by atoms with Gasteiger partial charge >= 0.3 is 0 Å². The molecule has 0 spiro atoms. The van der Waals surface area contributed by atoms with E-state index in [0.29, 0.717) is 22.4 Å². The number of benzene rings is 2. The van der Waals surface area contributed by atoms with Crippen LogP contribution in [0.2, 0.25) is 5.02 Å². The number of aromatic nitrogens is 1. The first-order valence-corrected chi connectivity index (χ1v) is 7.95. The van der Waals surface area contributed by atoms with Crippen LogP contribution in [-0.2, 0) is 5.88 Å². The van der Waals surface area contributed by atoms with Crippen molar-refractivity contribution in [3.05, 3.63) is 63.7 Å². The SMILES string of the molecule is ClCc1ccc(Br)cc1Oc1ccc(Cl)c2cccnc12. The average molecular weight is 383 g/mol. The van der Waals surface area contributed by atoms with E-state index in [0.717, 1.165) is 20.9 Å². The molecule has 1 heterocycles. The van der Waals surface area contributed by atoms with Crippen molar-refractivity contribution < 1.29 is 4.74 Å². The van der Waals surface area contributed by atoms with Crippen molar-refractivity contribution in [1.29, 1.82) is 0 Å². The highest BCUT2D eigenvalue weighted by molar-refractivity contribution is 9.10. The van der Waals surface area contributed by atoms with Gasteiger partial charge in [-0.05, 0) is 36.4 Å². The third-order valence-corrected chi connectivity index (χ3v) is 4.18. The standard InChI is InChI=1S/C16H10BrCl2NO/c17-11-4-3-10(9-18)15(8-11)21-14-6-5-13(19)12-2-1-7-20-16(12)14/h1-8H,9H2. The molecule has 3 aromatic rings. The molecule has 0 amide bonds. The Morgan fingerprint density at radius 1 is 1.10 bits per heavy atom. The smallest absolute Gasteiger partial charge is 0.153 e. The van der Waals surface area contributed by atoms with E-state index >= 15 is 0 Å². The predicted octanol–water partition coefficient (Wildman–Crippen LogP) is 6.18. The summed E-state index contributed by atoms with van der Waals surface area (Å²) in [5.74, 6) is 1.73. The van der Waals surface area contributed by atoms with E-state index in [1.165, 1.54) is 0 Å². The highest BCUT2D eigenvalue weighted by Gasteiger charge is 2.10. The van der Waals surface area contributed by atoms with Gasteiger partial charge < -0.3 is 4.74 Å². The van der Waals surface area contributed by atoms with E-state index in [1.807, 2.05) is 36.4 Å². The molecule has 0 radical (unpaired) electrons. The van der Waals surface area contributed by atoms with Crippen molar-refractivity contribution in [2.24, 2.45) is 0 Å². The molecule has 0 saturated heterocycles. The van der Waals surface area contributed by atoms with Crippen molar-refractivity contribution in [3.8, 4) is 11.5 Å². The fourth-order valence-corrected chi connectivity index (χ4v) is 2.82. The van der Waals surface area contributed by atoms with E-state index in [4.69, 9.17) is 27.9 Å². The lowest BCUT2D eigenvalue weighted by Gasteiger charge is -2.12. The zero-order chi connectivity index (χ0) is 14.8. The highest BCUT2D eigenvalue weighted by Crippen LogP contribution is 2.35. The second-order valence-electron chi connectivity index (χ2n) is 4.43. The molecule has 3 rings (SSSR count). The molecule has 0 aliphatic heterocycles. The van der Waals surface area contributed by atoms with Crippen LogP contribution in [0.25, 0.3) is 10.9 Å². The number of pyridine rings is 1. The first kappa shape index (κ1) is 14.6. The van der Waals surface area contributed by atoms with Gasteiger partial charge in [0.15, 0.2) is 5.75 Å². The molecular weight excluding hydrogens is 373 g/mol. The fourth-order valence-electron chi connectivity index (χ4n) is 2.05. The summed E-state index contributed by atoms with van der Waals surface area (Å²) in [4.78, 5) is 4.36. The summed E-state index contributed by atoms with van der Waals surface area (Å²) in [6.07, 6.45) is 1.72. The molecule has 1 aromatic heterocycles. The zero-order valence-corrected chi connectivity index (χ0v) is 13.9. The number of nitrogens with zero attached hydrogens (tertiary/aromatic N) is 1. The summed E-state index contributed by atoms with van der Waals surface area (Å²) in [6, 6.07) is 13.1. The molecule has 0 aliphatic carbocycles. The zero-order valence-electron chi connectivity index (χ0n) is 10.8. The van der Waals surface area contributed by atoms with Gasteiger partial charge in [0.25, 0.3) is 0 Å². The Morgan fingerprint density at radius 3 is 2.76 bits per heavy atom. The number of hydrogen-bond donors (Lipinski definition) is 0. The normalized spacial score (nSPS) is 10.8. The van der Waals surface area contributed by atoms with Crippen LogP contribution < -0.4 is 4.74 Å². The summed E-state index contributed by atoms with van der Waals surface area (Å²) in [7, 11) is 0. The Labute approximate surface area is 140 Å². The number of hydrogen-bond acceptors (Lipinski definition) is 2. The van der Waals surface area contributed by atoms with Crippen LogP contribution in [0.4, 0.5) is 0 Å². The lowest BCUT2D eigenvalue weighted by atomic mass is 10.2. The third-order valence-electron chi connectivity index (χ3n) is 3.07.